The van der Waals surface area contributed by atoms with E-state index in [1.165, 1.54) is 13.4 Å². The molecule has 3 N–H and O–H groups in total. The van der Waals surface area contributed by atoms with Gasteiger partial charge in [0.15, 0.2) is 6.29 Å². The normalized spacial score (nSPS) is 53.3. The van der Waals surface area contributed by atoms with Crippen molar-refractivity contribution < 1.29 is 43.9 Å². The van der Waals surface area contributed by atoms with Crippen molar-refractivity contribution in [1.82, 2.24) is 0 Å². The third-order valence-corrected chi connectivity index (χ3v) is 12.1. The number of aliphatic hydroxyl groups is 3. The van der Waals surface area contributed by atoms with Crippen LogP contribution in [0.5, 0.6) is 0 Å². The van der Waals surface area contributed by atoms with Crippen molar-refractivity contribution >= 4 is 12.3 Å². The average Bonchev–Trinajstić information content (AvgIpc) is 3.47. The van der Waals surface area contributed by atoms with Gasteiger partial charge in [0.05, 0.1) is 17.8 Å². The lowest BCUT2D eigenvalue weighted by molar-refractivity contribution is -0.312. The fraction of sp³-hybridized carbons (Fsp3) is 0.867. The number of methoxy groups -OCH3 is 1. The van der Waals surface area contributed by atoms with Crippen LogP contribution in [0.25, 0.3) is 0 Å². The molecule has 2 aliphatic heterocycles. The molecule has 0 amide bonds. The number of cyclic esters (lactones) is 1. The molecule has 0 spiro atoms. The first kappa shape index (κ1) is 27.8. The molecule has 0 aromatic carbocycles. The van der Waals surface area contributed by atoms with Gasteiger partial charge in [-0.15, -0.1) is 0 Å². The summed E-state index contributed by atoms with van der Waals surface area (Å²) in [6, 6.07) is 0. The van der Waals surface area contributed by atoms with Crippen LogP contribution in [-0.4, -0.2) is 83.7 Å². The van der Waals surface area contributed by atoms with E-state index in [1.54, 1.807) is 13.0 Å². The van der Waals surface area contributed by atoms with Gasteiger partial charge in [-0.3, -0.25) is 0 Å². The summed E-state index contributed by atoms with van der Waals surface area (Å²) < 4.78 is 22.6. The van der Waals surface area contributed by atoms with Crippen molar-refractivity contribution in [3.8, 4) is 0 Å². The standard InChI is InChI=1S/C30H44O9/c1-16-24(33)26(36-3)25(34)27(38-16)39-19-6-10-29(15-31)18(13-19)4-5-22-21(29)7-9-28(2)20(8-11-30(22,28)35)17-12-23(32)37-14-17/h12,15-16,18-22,24-27,33-35H,4-11,13-14H2,1-3H3/t16?,18-,19+,20-,21+,22-,24+,25?,26+,27+,28-,29-,30+/m1/s1. The molecule has 4 aliphatic carbocycles. The zero-order chi connectivity index (χ0) is 27.7. The number of aliphatic hydroxyl groups excluding tert-OH is 2. The monoisotopic (exact) mass is 548 g/mol. The molecule has 2 heterocycles. The molecule has 13 atom stereocenters. The Morgan fingerprint density at radius 1 is 1.05 bits per heavy atom. The van der Waals surface area contributed by atoms with Gasteiger partial charge >= 0.3 is 5.97 Å². The van der Waals surface area contributed by atoms with Gasteiger partial charge in [-0.05, 0) is 94.0 Å². The van der Waals surface area contributed by atoms with Crippen LogP contribution in [0.3, 0.4) is 0 Å². The van der Waals surface area contributed by atoms with E-state index in [1.807, 2.05) is 0 Å². The van der Waals surface area contributed by atoms with Gasteiger partial charge in [0.2, 0.25) is 0 Å². The average molecular weight is 549 g/mol. The smallest absolute Gasteiger partial charge is 0.331 e. The van der Waals surface area contributed by atoms with Crippen molar-refractivity contribution in [3.05, 3.63) is 11.6 Å². The van der Waals surface area contributed by atoms with E-state index < -0.39 is 41.7 Å². The van der Waals surface area contributed by atoms with Crippen LogP contribution in [0.15, 0.2) is 11.6 Å². The lowest BCUT2D eigenvalue weighted by Gasteiger charge is -2.63. The van der Waals surface area contributed by atoms with Crippen LogP contribution < -0.4 is 0 Å². The van der Waals surface area contributed by atoms with Crippen molar-refractivity contribution in [2.24, 2.45) is 34.5 Å². The SMILES string of the molecule is CO[C@@H]1C(O)[C@H](O[C@H]2CC[C@@]3(C=O)[C@H](CC[C@@H]4[C@@H]3CC[C@]3(C)[C@@H](C5=CC(=O)OC5)CC[C@]43O)C2)OC(C)[C@@H]1O. The Morgan fingerprint density at radius 3 is 2.54 bits per heavy atom. The largest absolute Gasteiger partial charge is 0.458 e. The number of hydrogen-bond donors (Lipinski definition) is 3. The molecular weight excluding hydrogens is 504 g/mol. The summed E-state index contributed by atoms with van der Waals surface area (Å²) in [5.41, 5.74) is -0.682. The van der Waals surface area contributed by atoms with Crippen LogP contribution in [-0.2, 0) is 28.5 Å². The predicted octanol–water partition coefficient (Wildman–Crippen LogP) is 2.29. The maximum Gasteiger partial charge on any atom is 0.331 e. The molecular formula is C30H44O9. The molecule has 4 saturated carbocycles. The van der Waals surface area contributed by atoms with Gasteiger partial charge < -0.3 is 39.1 Å². The van der Waals surface area contributed by atoms with E-state index >= 15 is 0 Å². The molecule has 0 radical (unpaired) electrons. The quantitative estimate of drug-likeness (QED) is 0.269. The summed E-state index contributed by atoms with van der Waals surface area (Å²) in [5.74, 6) is 0.152. The number of hydrogen-bond acceptors (Lipinski definition) is 9. The first-order chi connectivity index (χ1) is 18.6. The van der Waals surface area contributed by atoms with Gasteiger partial charge in [-0.1, -0.05) is 6.92 Å². The van der Waals surface area contributed by atoms with E-state index in [9.17, 15) is 24.9 Å². The minimum Gasteiger partial charge on any atom is -0.458 e. The van der Waals surface area contributed by atoms with Crippen LogP contribution in [0.4, 0.5) is 0 Å². The summed E-state index contributed by atoms with van der Waals surface area (Å²) in [5, 5.41) is 33.4. The zero-order valence-corrected chi connectivity index (χ0v) is 23.3. The van der Waals surface area contributed by atoms with E-state index in [2.05, 4.69) is 6.92 Å². The lowest BCUT2D eigenvalue weighted by Crippen LogP contribution is -2.63. The Hall–Kier alpha value is -1.36. The lowest BCUT2D eigenvalue weighted by atomic mass is 9.43. The Balaban J connectivity index is 1.18. The van der Waals surface area contributed by atoms with E-state index in [4.69, 9.17) is 18.9 Å². The zero-order valence-electron chi connectivity index (χ0n) is 23.3. The molecule has 2 unspecified atom stereocenters. The fourth-order valence-electron chi connectivity index (χ4n) is 10.00. The summed E-state index contributed by atoms with van der Waals surface area (Å²) in [6.07, 6.45) is 5.39. The maximum atomic E-state index is 13.0. The Morgan fingerprint density at radius 2 is 1.85 bits per heavy atom. The molecule has 6 aliphatic rings. The summed E-state index contributed by atoms with van der Waals surface area (Å²) in [4.78, 5) is 24.8. The summed E-state index contributed by atoms with van der Waals surface area (Å²) in [7, 11) is 1.46. The number of carbonyl (C=O) groups is 2. The Kier molecular flexibility index (Phi) is 7.04. The minimum atomic E-state index is -1.11. The number of aldehydes is 1. The fourth-order valence-corrected chi connectivity index (χ4v) is 10.00. The molecule has 9 heteroatoms. The first-order valence-corrected chi connectivity index (χ1v) is 14.8. The van der Waals surface area contributed by atoms with E-state index in [0.29, 0.717) is 32.3 Å². The number of ether oxygens (including phenoxy) is 4. The third-order valence-electron chi connectivity index (χ3n) is 12.1. The summed E-state index contributed by atoms with van der Waals surface area (Å²) >= 11 is 0. The Bertz CT molecular complexity index is 1010. The van der Waals surface area contributed by atoms with Gasteiger partial charge in [0.1, 0.15) is 31.2 Å². The van der Waals surface area contributed by atoms with Crippen molar-refractivity contribution in [2.45, 2.75) is 114 Å². The molecule has 9 nitrogen and oxygen atoms in total. The molecule has 218 valence electrons. The molecule has 0 aromatic heterocycles. The van der Waals surface area contributed by atoms with Gasteiger partial charge in [0.25, 0.3) is 0 Å². The second kappa shape index (κ2) is 9.88. The van der Waals surface area contributed by atoms with Crippen molar-refractivity contribution in [3.63, 3.8) is 0 Å². The molecule has 0 aromatic rings. The number of fused-ring (bicyclic) bond motifs is 5. The van der Waals surface area contributed by atoms with Crippen molar-refractivity contribution in [2.75, 3.05) is 13.7 Å². The second-order valence-corrected chi connectivity index (χ2v) is 13.4. The number of carbonyl (C=O) groups excluding carboxylic acids is 2. The highest BCUT2D eigenvalue weighted by Crippen LogP contribution is 2.69. The highest BCUT2D eigenvalue weighted by Gasteiger charge is 2.68. The predicted molar refractivity (Wildman–Crippen MR) is 138 cm³/mol. The molecule has 39 heavy (non-hydrogen) atoms. The number of esters is 1. The van der Waals surface area contributed by atoms with Crippen LogP contribution in [0.2, 0.25) is 0 Å². The van der Waals surface area contributed by atoms with Crippen molar-refractivity contribution in [1.29, 1.82) is 0 Å². The molecule has 5 fully saturated rings. The first-order valence-electron chi connectivity index (χ1n) is 14.8. The van der Waals surface area contributed by atoms with E-state index in [0.717, 1.165) is 37.7 Å². The third kappa shape index (κ3) is 4.02. The van der Waals surface area contributed by atoms with Gasteiger partial charge in [-0.25, -0.2) is 4.79 Å². The summed E-state index contributed by atoms with van der Waals surface area (Å²) in [6.45, 7) is 4.25. The van der Waals surface area contributed by atoms with Crippen LogP contribution in [0.1, 0.15) is 71.6 Å². The topological polar surface area (TPSA) is 132 Å². The molecule has 0 bridgehead atoms. The Labute approximate surface area is 230 Å². The maximum absolute atomic E-state index is 13.0. The van der Waals surface area contributed by atoms with Gasteiger partial charge in [0, 0.05) is 24.0 Å². The minimum absolute atomic E-state index is 0.0482. The highest BCUT2D eigenvalue weighted by molar-refractivity contribution is 5.85. The second-order valence-electron chi connectivity index (χ2n) is 13.4. The molecule has 6 rings (SSSR count). The van der Waals surface area contributed by atoms with Gasteiger partial charge in [-0.2, -0.15) is 0 Å². The molecule has 1 saturated heterocycles. The van der Waals surface area contributed by atoms with Crippen LogP contribution in [0, 0.1) is 34.5 Å². The highest BCUT2D eigenvalue weighted by atomic mass is 16.7. The number of rotatable bonds is 5. The van der Waals surface area contributed by atoms with Crippen LogP contribution >= 0.6 is 0 Å². The van der Waals surface area contributed by atoms with E-state index in [-0.39, 0.29) is 41.2 Å².